The number of halogens is 1. The van der Waals surface area contributed by atoms with Crippen LogP contribution in [0.15, 0.2) is 24.3 Å². The molecule has 0 aliphatic rings. The van der Waals surface area contributed by atoms with E-state index in [0.29, 0.717) is 6.04 Å². The molecular formula is C12H18INO. The lowest BCUT2D eigenvalue weighted by Gasteiger charge is -2.14. The zero-order chi connectivity index (χ0) is 11.3. The van der Waals surface area contributed by atoms with Crippen LogP contribution in [0.25, 0.3) is 0 Å². The van der Waals surface area contributed by atoms with Crippen LogP contribution in [0.3, 0.4) is 0 Å². The molecule has 3 heteroatoms. The Morgan fingerprint density at radius 1 is 1.27 bits per heavy atom. The molecule has 0 aliphatic carbocycles. The van der Waals surface area contributed by atoms with E-state index < -0.39 is 0 Å². The second kappa shape index (κ2) is 6.45. The van der Waals surface area contributed by atoms with Gasteiger partial charge in [0.05, 0.1) is 6.10 Å². The number of hydrogen-bond acceptors (Lipinski definition) is 2. The molecule has 15 heavy (non-hydrogen) atoms. The molecule has 0 radical (unpaired) electrons. The van der Waals surface area contributed by atoms with Gasteiger partial charge >= 0.3 is 0 Å². The molecule has 1 aromatic rings. The maximum atomic E-state index is 9.13. The van der Waals surface area contributed by atoms with Gasteiger partial charge in [-0.05, 0) is 67.1 Å². The first-order valence-corrected chi connectivity index (χ1v) is 6.34. The lowest BCUT2D eigenvalue weighted by Crippen LogP contribution is -2.22. The summed E-state index contributed by atoms with van der Waals surface area (Å²) < 4.78 is 1.26. The van der Waals surface area contributed by atoms with Gasteiger partial charge in [-0.15, -0.1) is 0 Å². The predicted octanol–water partition coefficient (Wildman–Crippen LogP) is 2.71. The summed E-state index contributed by atoms with van der Waals surface area (Å²) in [5.74, 6) is 0. The van der Waals surface area contributed by atoms with E-state index in [1.165, 1.54) is 9.13 Å². The first-order chi connectivity index (χ1) is 7.09. The molecule has 0 unspecified atom stereocenters. The van der Waals surface area contributed by atoms with Crippen molar-refractivity contribution in [2.75, 3.05) is 6.54 Å². The van der Waals surface area contributed by atoms with E-state index in [2.05, 4.69) is 59.1 Å². The van der Waals surface area contributed by atoms with E-state index in [-0.39, 0.29) is 6.10 Å². The SMILES string of the molecule is C[C@H](O)CCN[C@@H](C)c1ccc(I)cc1. The molecular weight excluding hydrogens is 301 g/mol. The van der Waals surface area contributed by atoms with Gasteiger partial charge < -0.3 is 10.4 Å². The Hall–Kier alpha value is -0.130. The van der Waals surface area contributed by atoms with Crippen LogP contribution in [0, 0.1) is 3.57 Å². The van der Waals surface area contributed by atoms with E-state index >= 15 is 0 Å². The Bertz CT molecular complexity index is 284. The maximum absolute atomic E-state index is 9.13. The second-order valence-corrected chi connectivity index (χ2v) is 5.11. The molecule has 0 saturated carbocycles. The van der Waals surface area contributed by atoms with Crippen LogP contribution in [0.5, 0.6) is 0 Å². The van der Waals surface area contributed by atoms with Gasteiger partial charge in [0.25, 0.3) is 0 Å². The van der Waals surface area contributed by atoms with E-state index in [1.807, 2.05) is 6.92 Å². The van der Waals surface area contributed by atoms with Crippen molar-refractivity contribution in [3.63, 3.8) is 0 Å². The number of aliphatic hydroxyl groups excluding tert-OH is 1. The molecule has 84 valence electrons. The number of hydrogen-bond donors (Lipinski definition) is 2. The van der Waals surface area contributed by atoms with Gasteiger partial charge in [-0.1, -0.05) is 12.1 Å². The second-order valence-electron chi connectivity index (χ2n) is 3.87. The minimum absolute atomic E-state index is 0.221. The molecule has 0 aromatic heterocycles. The fourth-order valence-electron chi connectivity index (χ4n) is 1.38. The summed E-state index contributed by atoms with van der Waals surface area (Å²) in [4.78, 5) is 0. The highest BCUT2D eigenvalue weighted by Crippen LogP contribution is 2.14. The first kappa shape index (κ1) is 12.9. The van der Waals surface area contributed by atoms with Crippen LogP contribution in [0.2, 0.25) is 0 Å². The lowest BCUT2D eigenvalue weighted by atomic mass is 10.1. The van der Waals surface area contributed by atoms with Crippen molar-refractivity contribution < 1.29 is 5.11 Å². The van der Waals surface area contributed by atoms with Crippen molar-refractivity contribution >= 4 is 22.6 Å². The lowest BCUT2D eigenvalue weighted by molar-refractivity contribution is 0.182. The molecule has 1 aromatic carbocycles. The van der Waals surface area contributed by atoms with Crippen molar-refractivity contribution in [2.24, 2.45) is 0 Å². The topological polar surface area (TPSA) is 32.3 Å². The fourth-order valence-corrected chi connectivity index (χ4v) is 1.74. The maximum Gasteiger partial charge on any atom is 0.0524 e. The smallest absolute Gasteiger partial charge is 0.0524 e. The van der Waals surface area contributed by atoms with Crippen LogP contribution in [0.1, 0.15) is 31.9 Å². The Balaban J connectivity index is 2.40. The summed E-state index contributed by atoms with van der Waals surface area (Å²) in [5, 5.41) is 12.5. The van der Waals surface area contributed by atoms with E-state index in [1.54, 1.807) is 0 Å². The average Bonchev–Trinajstić information content (AvgIpc) is 2.18. The molecule has 0 heterocycles. The van der Waals surface area contributed by atoms with Gasteiger partial charge in [0.1, 0.15) is 0 Å². The quantitative estimate of drug-likeness (QED) is 0.818. The van der Waals surface area contributed by atoms with Gasteiger partial charge in [-0.3, -0.25) is 0 Å². The molecule has 0 fully saturated rings. The van der Waals surface area contributed by atoms with Crippen molar-refractivity contribution in [3.8, 4) is 0 Å². The molecule has 0 amide bonds. The summed E-state index contributed by atoms with van der Waals surface area (Å²) >= 11 is 2.30. The van der Waals surface area contributed by atoms with Gasteiger partial charge in [0.2, 0.25) is 0 Å². The Morgan fingerprint density at radius 3 is 2.40 bits per heavy atom. The van der Waals surface area contributed by atoms with Crippen molar-refractivity contribution in [3.05, 3.63) is 33.4 Å². The van der Waals surface area contributed by atoms with Crippen LogP contribution >= 0.6 is 22.6 Å². The van der Waals surface area contributed by atoms with Gasteiger partial charge in [-0.25, -0.2) is 0 Å². The van der Waals surface area contributed by atoms with Crippen molar-refractivity contribution in [2.45, 2.75) is 32.4 Å². The third-order valence-corrected chi connectivity index (χ3v) is 3.10. The Morgan fingerprint density at radius 2 is 1.87 bits per heavy atom. The summed E-state index contributed by atoms with van der Waals surface area (Å²) in [5.41, 5.74) is 1.29. The molecule has 0 bridgehead atoms. The number of nitrogens with one attached hydrogen (secondary N) is 1. The Kier molecular flexibility index (Phi) is 5.56. The molecule has 2 atom stereocenters. The zero-order valence-corrected chi connectivity index (χ0v) is 11.4. The zero-order valence-electron chi connectivity index (χ0n) is 9.20. The fraction of sp³-hybridized carbons (Fsp3) is 0.500. The normalized spacial score (nSPS) is 14.9. The van der Waals surface area contributed by atoms with Gasteiger partial charge in [-0.2, -0.15) is 0 Å². The highest BCUT2D eigenvalue weighted by Gasteiger charge is 2.04. The largest absolute Gasteiger partial charge is 0.393 e. The minimum Gasteiger partial charge on any atom is -0.393 e. The summed E-state index contributed by atoms with van der Waals surface area (Å²) in [6.45, 7) is 4.81. The molecule has 0 aliphatic heterocycles. The van der Waals surface area contributed by atoms with Crippen molar-refractivity contribution in [1.82, 2.24) is 5.32 Å². The number of benzene rings is 1. The highest BCUT2D eigenvalue weighted by atomic mass is 127. The minimum atomic E-state index is -0.221. The third kappa shape index (κ3) is 4.95. The molecule has 2 nitrogen and oxygen atoms in total. The third-order valence-electron chi connectivity index (χ3n) is 2.38. The monoisotopic (exact) mass is 319 g/mol. The Labute approximate surface area is 105 Å². The number of aliphatic hydroxyl groups is 1. The predicted molar refractivity (Wildman–Crippen MR) is 71.9 cm³/mol. The number of rotatable bonds is 5. The highest BCUT2D eigenvalue weighted by molar-refractivity contribution is 14.1. The van der Waals surface area contributed by atoms with Crippen LogP contribution < -0.4 is 5.32 Å². The summed E-state index contributed by atoms with van der Waals surface area (Å²) in [6.07, 6.45) is 0.579. The van der Waals surface area contributed by atoms with E-state index in [9.17, 15) is 0 Å². The standard InChI is InChI=1S/C12H18INO/c1-9(15)7-8-14-10(2)11-3-5-12(13)6-4-11/h3-6,9-10,14-15H,7-8H2,1-2H3/t9-,10-/m0/s1. The summed E-state index contributed by atoms with van der Waals surface area (Å²) in [7, 11) is 0. The van der Waals surface area contributed by atoms with E-state index in [4.69, 9.17) is 5.11 Å². The van der Waals surface area contributed by atoms with Crippen LogP contribution in [0.4, 0.5) is 0 Å². The molecule has 0 spiro atoms. The van der Waals surface area contributed by atoms with Crippen LogP contribution in [-0.4, -0.2) is 17.8 Å². The molecule has 1 rings (SSSR count). The average molecular weight is 319 g/mol. The summed E-state index contributed by atoms with van der Waals surface area (Å²) in [6, 6.07) is 8.86. The molecule has 2 N–H and O–H groups in total. The van der Waals surface area contributed by atoms with Gasteiger partial charge in [0, 0.05) is 9.61 Å². The first-order valence-electron chi connectivity index (χ1n) is 5.26. The van der Waals surface area contributed by atoms with Crippen molar-refractivity contribution in [1.29, 1.82) is 0 Å². The van der Waals surface area contributed by atoms with Crippen LogP contribution in [-0.2, 0) is 0 Å². The van der Waals surface area contributed by atoms with Gasteiger partial charge in [0.15, 0.2) is 0 Å². The van der Waals surface area contributed by atoms with E-state index in [0.717, 1.165) is 13.0 Å². The molecule has 0 saturated heterocycles.